The second-order valence-electron chi connectivity index (χ2n) is 3.73. The molecule has 0 saturated carbocycles. The summed E-state index contributed by atoms with van der Waals surface area (Å²) in [7, 11) is 0. The molecule has 4 heteroatoms. The van der Waals surface area contributed by atoms with Crippen LogP contribution in [0.15, 0.2) is 46.9 Å². The Morgan fingerprint density at radius 3 is 2.50 bits per heavy atom. The Kier molecular flexibility index (Phi) is 3.85. The molecule has 0 atom stereocenters. The quantitative estimate of drug-likeness (QED) is 0.883. The smallest absolute Gasteiger partial charge is 0.119 e. The lowest BCUT2D eigenvalue weighted by Crippen LogP contribution is -2.01. The first-order valence-electron chi connectivity index (χ1n) is 5.36. The number of nitriles is 1. The molecule has 0 bridgehead atoms. The van der Waals surface area contributed by atoms with Crippen LogP contribution in [0.1, 0.15) is 11.1 Å². The van der Waals surface area contributed by atoms with Crippen LogP contribution in [0.5, 0.6) is 5.75 Å². The fourth-order valence-corrected chi connectivity index (χ4v) is 2.00. The van der Waals surface area contributed by atoms with Gasteiger partial charge in [0.05, 0.1) is 11.6 Å². The van der Waals surface area contributed by atoms with Gasteiger partial charge in [-0.25, -0.2) is 0 Å². The first kappa shape index (κ1) is 12.5. The molecule has 2 aromatic rings. The molecule has 0 heterocycles. The van der Waals surface area contributed by atoms with E-state index in [0.29, 0.717) is 23.6 Å². The second kappa shape index (κ2) is 5.56. The molecule has 90 valence electrons. The summed E-state index contributed by atoms with van der Waals surface area (Å²) in [6.45, 7) is 0.388. The van der Waals surface area contributed by atoms with Crippen LogP contribution in [0.25, 0.3) is 0 Å². The van der Waals surface area contributed by atoms with Crippen molar-refractivity contribution in [1.29, 1.82) is 5.26 Å². The second-order valence-corrected chi connectivity index (χ2v) is 4.59. The molecule has 0 aliphatic rings. The Hall–Kier alpha value is -1.99. The Morgan fingerprint density at radius 2 is 1.89 bits per heavy atom. The van der Waals surface area contributed by atoms with Gasteiger partial charge in [-0.05, 0) is 36.4 Å². The van der Waals surface area contributed by atoms with Crippen LogP contribution in [-0.4, -0.2) is 0 Å². The van der Waals surface area contributed by atoms with E-state index in [4.69, 9.17) is 15.7 Å². The Bertz CT molecular complexity index is 567. The minimum absolute atomic E-state index is 0.388. The van der Waals surface area contributed by atoms with E-state index in [0.717, 1.165) is 10.0 Å². The van der Waals surface area contributed by atoms with Gasteiger partial charge in [-0.2, -0.15) is 5.26 Å². The van der Waals surface area contributed by atoms with Crippen LogP contribution >= 0.6 is 15.9 Å². The minimum Gasteiger partial charge on any atom is -0.489 e. The van der Waals surface area contributed by atoms with Crippen molar-refractivity contribution < 1.29 is 4.74 Å². The van der Waals surface area contributed by atoms with Gasteiger partial charge in [0.15, 0.2) is 0 Å². The monoisotopic (exact) mass is 302 g/mol. The molecule has 0 fully saturated rings. The number of nitrogens with zero attached hydrogens (tertiary/aromatic N) is 1. The molecule has 0 aliphatic heterocycles. The number of nitrogen functional groups attached to an aromatic ring is 1. The minimum atomic E-state index is 0.388. The molecule has 3 nitrogen and oxygen atoms in total. The van der Waals surface area contributed by atoms with E-state index in [2.05, 4.69) is 22.0 Å². The van der Waals surface area contributed by atoms with Crippen molar-refractivity contribution in [3.63, 3.8) is 0 Å². The van der Waals surface area contributed by atoms with Crippen LogP contribution in [0, 0.1) is 11.3 Å². The number of benzene rings is 2. The molecule has 0 aliphatic carbocycles. The molecule has 0 radical (unpaired) electrons. The third kappa shape index (κ3) is 2.82. The lowest BCUT2D eigenvalue weighted by atomic mass is 10.2. The van der Waals surface area contributed by atoms with Gasteiger partial charge in [0, 0.05) is 15.7 Å². The summed E-state index contributed by atoms with van der Waals surface area (Å²) in [4.78, 5) is 0. The van der Waals surface area contributed by atoms with E-state index in [-0.39, 0.29) is 0 Å². The lowest BCUT2D eigenvalue weighted by molar-refractivity contribution is 0.306. The summed E-state index contributed by atoms with van der Waals surface area (Å²) < 4.78 is 6.56. The lowest BCUT2D eigenvalue weighted by Gasteiger charge is -2.10. The molecule has 0 unspecified atom stereocenters. The van der Waals surface area contributed by atoms with Crippen molar-refractivity contribution in [2.24, 2.45) is 0 Å². The van der Waals surface area contributed by atoms with Crippen LogP contribution in [0.4, 0.5) is 5.69 Å². The summed E-state index contributed by atoms with van der Waals surface area (Å²) in [6.07, 6.45) is 0. The van der Waals surface area contributed by atoms with Gasteiger partial charge >= 0.3 is 0 Å². The molecule has 0 spiro atoms. The van der Waals surface area contributed by atoms with E-state index < -0.39 is 0 Å². The molecule has 2 N–H and O–H groups in total. The van der Waals surface area contributed by atoms with Crippen LogP contribution < -0.4 is 10.5 Å². The maximum atomic E-state index is 8.70. The van der Waals surface area contributed by atoms with Crippen LogP contribution in [0.2, 0.25) is 0 Å². The third-order valence-corrected chi connectivity index (χ3v) is 3.26. The number of ether oxygens (including phenoxy) is 1. The van der Waals surface area contributed by atoms with E-state index in [9.17, 15) is 0 Å². The molecule has 18 heavy (non-hydrogen) atoms. The van der Waals surface area contributed by atoms with Crippen molar-refractivity contribution in [2.75, 3.05) is 5.73 Å². The Labute approximate surface area is 114 Å². The first-order chi connectivity index (χ1) is 8.70. The maximum Gasteiger partial charge on any atom is 0.119 e. The number of anilines is 1. The van der Waals surface area contributed by atoms with Crippen molar-refractivity contribution in [2.45, 2.75) is 6.61 Å². The number of halogens is 1. The third-order valence-electron chi connectivity index (χ3n) is 2.52. The predicted molar refractivity (Wildman–Crippen MR) is 74.0 cm³/mol. The van der Waals surface area contributed by atoms with Gasteiger partial charge in [0.2, 0.25) is 0 Å². The number of hydrogen-bond acceptors (Lipinski definition) is 3. The molecule has 2 aromatic carbocycles. The normalized spacial score (nSPS) is 9.78. The zero-order valence-corrected chi connectivity index (χ0v) is 11.1. The molecular formula is C14H11BrN2O. The van der Waals surface area contributed by atoms with Gasteiger partial charge in [-0.15, -0.1) is 0 Å². The average molecular weight is 303 g/mol. The van der Waals surface area contributed by atoms with Crippen molar-refractivity contribution in [3.8, 4) is 11.8 Å². The highest BCUT2D eigenvalue weighted by atomic mass is 79.9. The van der Waals surface area contributed by atoms with Crippen molar-refractivity contribution in [3.05, 3.63) is 58.1 Å². The predicted octanol–water partition coefficient (Wildman–Crippen LogP) is 3.48. The van der Waals surface area contributed by atoms with Crippen LogP contribution in [-0.2, 0) is 6.61 Å². The molecule has 2 rings (SSSR count). The average Bonchev–Trinajstić information content (AvgIpc) is 2.39. The van der Waals surface area contributed by atoms with E-state index in [1.165, 1.54) is 0 Å². The fraction of sp³-hybridized carbons (Fsp3) is 0.0714. The summed E-state index contributed by atoms with van der Waals surface area (Å²) in [6, 6.07) is 14.7. The Morgan fingerprint density at radius 1 is 1.17 bits per heavy atom. The van der Waals surface area contributed by atoms with Gasteiger partial charge in [-0.1, -0.05) is 22.0 Å². The van der Waals surface area contributed by atoms with Crippen LogP contribution in [0.3, 0.4) is 0 Å². The molecule has 0 amide bonds. The highest BCUT2D eigenvalue weighted by molar-refractivity contribution is 9.10. The van der Waals surface area contributed by atoms with Crippen molar-refractivity contribution >= 4 is 21.6 Å². The fourth-order valence-electron chi connectivity index (χ4n) is 1.51. The van der Waals surface area contributed by atoms with E-state index in [1.54, 1.807) is 24.3 Å². The van der Waals surface area contributed by atoms with Gasteiger partial charge in [0.1, 0.15) is 12.4 Å². The zero-order valence-electron chi connectivity index (χ0n) is 9.56. The largest absolute Gasteiger partial charge is 0.489 e. The Balaban J connectivity index is 2.09. The molecule has 0 aromatic heterocycles. The van der Waals surface area contributed by atoms with E-state index >= 15 is 0 Å². The summed E-state index contributed by atoms with van der Waals surface area (Å²) in [5.41, 5.74) is 8.10. The SMILES string of the molecule is N#Cc1ccc(OCc2c(N)cccc2Br)cc1. The van der Waals surface area contributed by atoms with Crippen molar-refractivity contribution in [1.82, 2.24) is 0 Å². The molecular weight excluding hydrogens is 292 g/mol. The zero-order chi connectivity index (χ0) is 13.0. The summed E-state index contributed by atoms with van der Waals surface area (Å²) >= 11 is 3.44. The number of rotatable bonds is 3. The maximum absolute atomic E-state index is 8.70. The molecule has 0 saturated heterocycles. The van der Waals surface area contributed by atoms with Gasteiger partial charge in [0.25, 0.3) is 0 Å². The number of hydrogen-bond donors (Lipinski definition) is 1. The first-order valence-corrected chi connectivity index (χ1v) is 6.16. The summed E-state index contributed by atoms with van der Waals surface area (Å²) in [5.74, 6) is 0.712. The highest BCUT2D eigenvalue weighted by Gasteiger charge is 2.05. The topological polar surface area (TPSA) is 59.0 Å². The van der Waals surface area contributed by atoms with E-state index in [1.807, 2.05) is 18.2 Å². The number of nitrogens with two attached hydrogens (primary N) is 1. The summed E-state index contributed by atoms with van der Waals surface area (Å²) in [5, 5.41) is 8.70. The van der Waals surface area contributed by atoms with Gasteiger partial charge < -0.3 is 10.5 Å². The standard InChI is InChI=1S/C14H11BrN2O/c15-13-2-1-3-14(17)12(13)9-18-11-6-4-10(8-16)5-7-11/h1-7H,9,17H2. The highest BCUT2D eigenvalue weighted by Crippen LogP contribution is 2.24. The van der Waals surface area contributed by atoms with Gasteiger partial charge in [-0.3, -0.25) is 0 Å².